The summed E-state index contributed by atoms with van der Waals surface area (Å²) < 4.78 is 0. The molecule has 1 fully saturated rings. The number of benzene rings is 1. The van der Waals surface area contributed by atoms with E-state index in [1.807, 2.05) is 24.3 Å². The molecule has 1 saturated carbocycles. The van der Waals surface area contributed by atoms with E-state index in [1.54, 1.807) is 0 Å². The van der Waals surface area contributed by atoms with E-state index < -0.39 is 0 Å². The molecule has 0 spiro atoms. The molecule has 3 heteroatoms. The highest BCUT2D eigenvalue weighted by atomic mass is 16.1. The van der Waals surface area contributed by atoms with Gasteiger partial charge in [-0.1, -0.05) is 32.9 Å². The second kappa shape index (κ2) is 5.96. The Balaban J connectivity index is 1.99. The van der Waals surface area contributed by atoms with Crippen LogP contribution in [0.4, 0.5) is 0 Å². The highest BCUT2D eigenvalue weighted by Gasteiger charge is 2.21. The molecule has 0 saturated heterocycles. The molecule has 1 amide bonds. The van der Waals surface area contributed by atoms with Crippen molar-refractivity contribution in [2.45, 2.75) is 64.0 Å². The van der Waals surface area contributed by atoms with Crippen LogP contribution in [0.15, 0.2) is 24.3 Å². The number of hydrogen-bond donors (Lipinski definition) is 2. The van der Waals surface area contributed by atoms with Gasteiger partial charge in [0.15, 0.2) is 0 Å². The van der Waals surface area contributed by atoms with Crippen molar-refractivity contribution in [1.82, 2.24) is 5.32 Å². The van der Waals surface area contributed by atoms with Crippen molar-refractivity contribution >= 4 is 5.91 Å². The van der Waals surface area contributed by atoms with Crippen LogP contribution in [0.1, 0.15) is 62.4 Å². The topological polar surface area (TPSA) is 55.1 Å². The molecule has 2 atom stereocenters. The van der Waals surface area contributed by atoms with Crippen LogP contribution in [-0.2, 0) is 5.41 Å². The fourth-order valence-corrected chi connectivity index (χ4v) is 2.75. The van der Waals surface area contributed by atoms with Crippen LogP contribution in [0, 0.1) is 0 Å². The van der Waals surface area contributed by atoms with Crippen molar-refractivity contribution in [3.05, 3.63) is 35.4 Å². The third-order valence-corrected chi connectivity index (χ3v) is 4.06. The zero-order valence-corrected chi connectivity index (χ0v) is 12.8. The summed E-state index contributed by atoms with van der Waals surface area (Å²) >= 11 is 0. The second-order valence-electron chi connectivity index (χ2n) is 6.92. The van der Waals surface area contributed by atoms with E-state index >= 15 is 0 Å². The normalized spacial score (nSPS) is 23.4. The molecule has 0 radical (unpaired) electrons. The summed E-state index contributed by atoms with van der Waals surface area (Å²) in [5.74, 6) is 0.0181. The van der Waals surface area contributed by atoms with E-state index in [2.05, 4.69) is 26.1 Å². The van der Waals surface area contributed by atoms with Gasteiger partial charge in [0.1, 0.15) is 0 Å². The zero-order valence-electron chi connectivity index (χ0n) is 12.8. The monoisotopic (exact) mass is 274 g/mol. The van der Waals surface area contributed by atoms with Crippen LogP contribution in [0.3, 0.4) is 0 Å². The summed E-state index contributed by atoms with van der Waals surface area (Å²) in [4.78, 5) is 12.2. The summed E-state index contributed by atoms with van der Waals surface area (Å²) in [6.07, 6.45) is 4.12. The van der Waals surface area contributed by atoms with Gasteiger partial charge in [-0.05, 0) is 48.8 Å². The van der Waals surface area contributed by atoms with Gasteiger partial charge in [-0.2, -0.15) is 0 Å². The molecule has 0 bridgehead atoms. The van der Waals surface area contributed by atoms with Crippen molar-refractivity contribution in [2.24, 2.45) is 5.73 Å². The number of amides is 1. The minimum absolute atomic E-state index is 0.0181. The highest BCUT2D eigenvalue weighted by molar-refractivity contribution is 5.94. The fraction of sp³-hybridized carbons (Fsp3) is 0.588. The van der Waals surface area contributed by atoms with E-state index in [4.69, 9.17) is 5.73 Å². The maximum atomic E-state index is 12.2. The second-order valence-corrected chi connectivity index (χ2v) is 6.92. The van der Waals surface area contributed by atoms with Gasteiger partial charge in [0.25, 0.3) is 5.91 Å². The average Bonchev–Trinajstić information content (AvgIpc) is 2.38. The predicted molar refractivity (Wildman–Crippen MR) is 82.8 cm³/mol. The lowest BCUT2D eigenvalue weighted by Crippen LogP contribution is -2.42. The minimum Gasteiger partial charge on any atom is -0.349 e. The maximum absolute atomic E-state index is 12.2. The molecule has 0 heterocycles. The lowest BCUT2D eigenvalue weighted by atomic mass is 9.86. The number of rotatable bonds is 2. The average molecular weight is 274 g/mol. The third kappa shape index (κ3) is 3.83. The van der Waals surface area contributed by atoms with Gasteiger partial charge in [0.2, 0.25) is 0 Å². The Kier molecular flexibility index (Phi) is 4.48. The Labute approximate surface area is 121 Å². The smallest absolute Gasteiger partial charge is 0.251 e. The van der Waals surface area contributed by atoms with Gasteiger partial charge in [-0.25, -0.2) is 0 Å². The highest BCUT2D eigenvalue weighted by Crippen LogP contribution is 2.22. The van der Waals surface area contributed by atoms with Crippen LogP contribution in [0.5, 0.6) is 0 Å². The molecule has 3 nitrogen and oxygen atoms in total. The predicted octanol–water partition coefficient (Wildman–Crippen LogP) is 2.98. The quantitative estimate of drug-likeness (QED) is 0.871. The maximum Gasteiger partial charge on any atom is 0.251 e. The molecule has 20 heavy (non-hydrogen) atoms. The number of hydrogen-bond acceptors (Lipinski definition) is 2. The molecule has 3 N–H and O–H groups in total. The van der Waals surface area contributed by atoms with Gasteiger partial charge in [-0.15, -0.1) is 0 Å². The summed E-state index contributed by atoms with van der Waals surface area (Å²) in [6, 6.07) is 8.38. The SMILES string of the molecule is CC(C)(C)c1ccc(C(=O)N[C@H]2CCC[C@H](N)C2)cc1. The van der Waals surface area contributed by atoms with E-state index in [-0.39, 0.29) is 23.4 Å². The van der Waals surface area contributed by atoms with Crippen molar-refractivity contribution < 1.29 is 4.79 Å². The number of nitrogens with one attached hydrogen (secondary N) is 1. The Bertz CT molecular complexity index is 459. The van der Waals surface area contributed by atoms with Crippen LogP contribution in [-0.4, -0.2) is 18.0 Å². The lowest BCUT2D eigenvalue weighted by Gasteiger charge is -2.27. The van der Waals surface area contributed by atoms with Crippen LogP contribution in [0.25, 0.3) is 0 Å². The fourth-order valence-electron chi connectivity index (χ4n) is 2.75. The van der Waals surface area contributed by atoms with Crippen LogP contribution in [0.2, 0.25) is 0 Å². The molecule has 1 aliphatic rings. The zero-order chi connectivity index (χ0) is 14.8. The van der Waals surface area contributed by atoms with Crippen molar-refractivity contribution in [1.29, 1.82) is 0 Å². The summed E-state index contributed by atoms with van der Waals surface area (Å²) in [5.41, 5.74) is 8.05. The Hall–Kier alpha value is -1.35. The molecule has 1 aromatic rings. The number of carbonyl (C=O) groups excluding carboxylic acids is 1. The Morgan fingerprint density at radius 2 is 1.85 bits per heavy atom. The molecular weight excluding hydrogens is 248 g/mol. The Morgan fingerprint density at radius 3 is 2.40 bits per heavy atom. The van der Waals surface area contributed by atoms with E-state index in [0.29, 0.717) is 0 Å². The lowest BCUT2D eigenvalue weighted by molar-refractivity contribution is 0.0925. The molecule has 0 aromatic heterocycles. The first kappa shape index (κ1) is 15.0. The Morgan fingerprint density at radius 1 is 1.20 bits per heavy atom. The van der Waals surface area contributed by atoms with Gasteiger partial charge in [0.05, 0.1) is 0 Å². The van der Waals surface area contributed by atoms with Gasteiger partial charge in [0, 0.05) is 17.6 Å². The number of nitrogens with two attached hydrogens (primary N) is 1. The number of carbonyl (C=O) groups is 1. The molecule has 2 rings (SSSR count). The standard InChI is InChI=1S/C17H26N2O/c1-17(2,3)13-9-7-12(8-10-13)16(20)19-15-6-4-5-14(18)11-15/h7-10,14-15H,4-6,11,18H2,1-3H3,(H,19,20)/t14-,15-/m0/s1. The molecular formula is C17H26N2O. The van der Waals surface area contributed by atoms with Gasteiger partial charge < -0.3 is 11.1 Å². The van der Waals surface area contributed by atoms with E-state index in [9.17, 15) is 4.79 Å². The largest absolute Gasteiger partial charge is 0.349 e. The van der Waals surface area contributed by atoms with Crippen LogP contribution < -0.4 is 11.1 Å². The van der Waals surface area contributed by atoms with E-state index in [0.717, 1.165) is 31.2 Å². The van der Waals surface area contributed by atoms with Crippen LogP contribution >= 0.6 is 0 Å². The summed E-state index contributed by atoms with van der Waals surface area (Å²) in [6.45, 7) is 6.52. The van der Waals surface area contributed by atoms with Crippen molar-refractivity contribution in [3.63, 3.8) is 0 Å². The van der Waals surface area contributed by atoms with Gasteiger partial charge in [-0.3, -0.25) is 4.79 Å². The third-order valence-electron chi connectivity index (χ3n) is 4.06. The molecule has 0 aliphatic heterocycles. The first-order chi connectivity index (χ1) is 9.36. The van der Waals surface area contributed by atoms with Crippen molar-refractivity contribution in [2.75, 3.05) is 0 Å². The summed E-state index contributed by atoms with van der Waals surface area (Å²) in [5, 5.41) is 3.10. The molecule has 1 aromatic carbocycles. The van der Waals surface area contributed by atoms with Crippen molar-refractivity contribution in [3.8, 4) is 0 Å². The first-order valence-electron chi connectivity index (χ1n) is 7.53. The molecule has 1 aliphatic carbocycles. The molecule has 110 valence electrons. The summed E-state index contributed by atoms with van der Waals surface area (Å²) in [7, 11) is 0. The van der Waals surface area contributed by atoms with E-state index in [1.165, 1.54) is 5.56 Å². The first-order valence-corrected chi connectivity index (χ1v) is 7.53. The van der Waals surface area contributed by atoms with Gasteiger partial charge >= 0.3 is 0 Å². The minimum atomic E-state index is 0.0181. The molecule has 0 unspecified atom stereocenters.